The number of thiophene rings is 1. The van der Waals surface area contributed by atoms with Crippen molar-refractivity contribution < 1.29 is 5.11 Å². The van der Waals surface area contributed by atoms with Crippen molar-refractivity contribution in [3.05, 3.63) is 21.9 Å². The van der Waals surface area contributed by atoms with Crippen LogP contribution < -0.4 is 5.73 Å². The fourth-order valence-corrected chi connectivity index (χ4v) is 3.20. The molecule has 2 nitrogen and oxygen atoms in total. The van der Waals surface area contributed by atoms with Crippen molar-refractivity contribution in [2.24, 2.45) is 5.73 Å². The molecule has 0 aliphatic heterocycles. The first-order chi connectivity index (χ1) is 6.60. The molecular weight excluding hydrogens is 194 g/mol. The molecule has 0 spiro atoms. The molecule has 1 heterocycles. The quantitative estimate of drug-likeness (QED) is 0.747. The second-order valence-electron chi connectivity index (χ2n) is 4.30. The van der Waals surface area contributed by atoms with E-state index in [1.54, 1.807) is 11.3 Å². The molecule has 2 unspecified atom stereocenters. The SMILES string of the molecule is Cc1ccc(C2(O)CCCC(N)C2)s1. The van der Waals surface area contributed by atoms with E-state index >= 15 is 0 Å². The van der Waals surface area contributed by atoms with E-state index < -0.39 is 5.60 Å². The van der Waals surface area contributed by atoms with Gasteiger partial charge in [-0.1, -0.05) is 0 Å². The Hall–Kier alpha value is -0.380. The molecule has 1 saturated carbocycles. The zero-order valence-corrected chi connectivity index (χ0v) is 9.31. The van der Waals surface area contributed by atoms with E-state index in [2.05, 4.69) is 13.0 Å². The van der Waals surface area contributed by atoms with Crippen LogP contribution >= 0.6 is 11.3 Å². The summed E-state index contributed by atoms with van der Waals surface area (Å²) in [5, 5.41) is 10.5. The van der Waals surface area contributed by atoms with Gasteiger partial charge in [0, 0.05) is 15.8 Å². The van der Waals surface area contributed by atoms with Crippen molar-refractivity contribution in [3.8, 4) is 0 Å². The number of nitrogens with two attached hydrogens (primary N) is 1. The van der Waals surface area contributed by atoms with Gasteiger partial charge in [-0.3, -0.25) is 0 Å². The predicted octanol–water partition coefficient (Wildman–Crippen LogP) is 2.15. The minimum Gasteiger partial charge on any atom is -0.384 e. The summed E-state index contributed by atoms with van der Waals surface area (Å²) in [6.07, 6.45) is 3.66. The lowest BCUT2D eigenvalue weighted by Gasteiger charge is -2.34. The molecule has 1 aliphatic carbocycles. The van der Waals surface area contributed by atoms with E-state index in [0.29, 0.717) is 6.42 Å². The van der Waals surface area contributed by atoms with Gasteiger partial charge in [0.25, 0.3) is 0 Å². The van der Waals surface area contributed by atoms with Gasteiger partial charge in [-0.25, -0.2) is 0 Å². The molecule has 0 aromatic carbocycles. The maximum absolute atomic E-state index is 10.5. The molecule has 1 aromatic rings. The van der Waals surface area contributed by atoms with Crippen LogP contribution in [-0.4, -0.2) is 11.1 Å². The Labute approximate surface area is 88.8 Å². The zero-order valence-electron chi connectivity index (χ0n) is 8.49. The molecule has 0 saturated heterocycles. The third-order valence-electron chi connectivity index (χ3n) is 2.96. The average Bonchev–Trinajstić information content (AvgIpc) is 2.52. The Morgan fingerprint density at radius 2 is 2.36 bits per heavy atom. The van der Waals surface area contributed by atoms with Gasteiger partial charge in [0.05, 0.1) is 0 Å². The maximum atomic E-state index is 10.5. The lowest BCUT2D eigenvalue weighted by Crippen LogP contribution is -2.38. The van der Waals surface area contributed by atoms with E-state index in [4.69, 9.17) is 5.73 Å². The fraction of sp³-hybridized carbons (Fsp3) is 0.636. The number of hydrogen-bond acceptors (Lipinski definition) is 3. The molecular formula is C11H17NOS. The predicted molar refractivity (Wildman–Crippen MR) is 59.4 cm³/mol. The molecule has 0 radical (unpaired) electrons. The van der Waals surface area contributed by atoms with Gasteiger partial charge in [-0.05, 0) is 44.7 Å². The molecule has 0 amide bonds. The lowest BCUT2D eigenvalue weighted by molar-refractivity contribution is -0.00379. The van der Waals surface area contributed by atoms with Gasteiger partial charge >= 0.3 is 0 Å². The molecule has 3 heteroatoms. The first kappa shape index (κ1) is 10.1. The van der Waals surface area contributed by atoms with Crippen LogP contribution in [0.1, 0.15) is 35.4 Å². The second kappa shape index (κ2) is 3.65. The Kier molecular flexibility index (Phi) is 2.64. The summed E-state index contributed by atoms with van der Waals surface area (Å²) in [7, 11) is 0. The summed E-state index contributed by atoms with van der Waals surface area (Å²) < 4.78 is 0. The first-order valence-electron chi connectivity index (χ1n) is 5.15. The van der Waals surface area contributed by atoms with Crippen molar-refractivity contribution in [1.82, 2.24) is 0 Å². The van der Waals surface area contributed by atoms with Gasteiger partial charge in [0.1, 0.15) is 5.60 Å². The number of aryl methyl sites for hydroxylation is 1. The van der Waals surface area contributed by atoms with Crippen molar-refractivity contribution in [3.63, 3.8) is 0 Å². The van der Waals surface area contributed by atoms with Gasteiger partial charge in [0.15, 0.2) is 0 Å². The van der Waals surface area contributed by atoms with Crippen LogP contribution in [0.15, 0.2) is 12.1 Å². The Morgan fingerprint density at radius 3 is 2.93 bits per heavy atom. The van der Waals surface area contributed by atoms with E-state index in [-0.39, 0.29) is 6.04 Å². The van der Waals surface area contributed by atoms with E-state index in [1.807, 2.05) is 6.07 Å². The van der Waals surface area contributed by atoms with Gasteiger partial charge in [-0.15, -0.1) is 11.3 Å². The molecule has 1 fully saturated rings. The maximum Gasteiger partial charge on any atom is 0.100 e. The molecule has 1 aromatic heterocycles. The molecule has 1 aliphatic rings. The minimum absolute atomic E-state index is 0.163. The number of aliphatic hydroxyl groups is 1. The van der Waals surface area contributed by atoms with Crippen LogP contribution in [0.25, 0.3) is 0 Å². The summed E-state index contributed by atoms with van der Waals surface area (Å²) in [5.41, 5.74) is 5.26. The van der Waals surface area contributed by atoms with Gasteiger partial charge in [0.2, 0.25) is 0 Å². The molecule has 0 bridgehead atoms. The molecule has 78 valence electrons. The van der Waals surface area contributed by atoms with Crippen LogP contribution in [0.3, 0.4) is 0 Å². The second-order valence-corrected chi connectivity index (χ2v) is 5.59. The highest BCUT2D eigenvalue weighted by atomic mass is 32.1. The summed E-state index contributed by atoms with van der Waals surface area (Å²) in [6.45, 7) is 2.07. The number of rotatable bonds is 1. The Balaban J connectivity index is 2.22. The van der Waals surface area contributed by atoms with Crippen LogP contribution in [0.4, 0.5) is 0 Å². The Bertz CT molecular complexity index is 323. The third-order valence-corrected chi connectivity index (χ3v) is 4.16. The first-order valence-corrected chi connectivity index (χ1v) is 5.97. The molecule has 3 N–H and O–H groups in total. The Morgan fingerprint density at radius 1 is 1.57 bits per heavy atom. The van der Waals surface area contributed by atoms with Crippen LogP contribution in [-0.2, 0) is 5.60 Å². The molecule has 2 rings (SSSR count). The third kappa shape index (κ3) is 1.85. The van der Waals surface area contributed by atoms with Crippen molar-refractivity contribution in [1.29, 1.82) is 0 Å². The van der Waals surface area contributed by atoms with Crippen LogP contribution in [0, 0.1) is 6.92 Å². The smallest absolute Gasteiger partial charge is 0.100 e. The summed E-state index contributed by atoms with van der Waals surface area (Å²) >= 11 is 1.69. The summed E-state index contributed by atoms with van der Waals surface area (Å²) in [4.78, 5) is 2.35. The highest BCUT2D eigenvalue weighted by molar-refractivity contribution is 7.12. The number of hydrogen-bond donors (Lipinski definition) is 2. The van der Waals surface area contributed by atoms with Crippen molar-refractivity contribution in [2.45, 2.75) is 44.2 Å². The topological polar surface area (TPSA) is 46.2 Å². The normalized spacial score (nSPS) is 33.2. The van der Waals surface area contributed by atoms with E-state index in [9.17, 15) is 5.11 Å². The largest absolute Gasteiger partial charge is 0.384 e. The fourth-order valence-electron chi connectivity index (χ4n) is 2.20. The van der Waals surface area contributed by atoms with Gasteiger partial charge in [-0.2, -0.15) is 0 Å². The molecule has 2 atom stereocenters. The van der Waals surface area contributed by atoms with Crippen LogP contribution in [0.5, 0.6) is 0 Å². The molecule has 14 heavy (non-hydrogen) atoms. The van der Waals surface area contributed by atoms with E-state index in [1.165, 1.54) is 4.88 Å². The summed E-state index contributed by atoms with van der Waals surface area (Å²) in [6, 6.07) is 4.27. The highest BCUT2D eigenvalue weighted by Crippen LogP contribution is 2.39. The highest BCUT2D eigenvalue weighted by Gasteiger charge is 2.35. The zero-order chi connectivity index (χ0) is 10.2. The monoisotopic (exact) mass is 211 g/mol. The average molecular weight is 211 g/mol. The van der Waals surface area contributed by atoms with Crippen LogP contribution in [0.2, 0.25) is 0 Å². The standard InChI is InChI=1S/C11H17NOS/c1-8-4-5-10(14-8)11(13)6-2-3-9(12)7-11/h4-5,9,13H,2-3,6-7,12H2,1H3. The van der Waals surface area contributed by atoms with Crippen molar-refractivity contribution >= 4 is 11.3 Å². The van der Waals surface area contributed by atoms with Crippen molar-refractivity contribution in [2.75, 3.05) is 0 Å². The summed E-state index contributed by atoms with van der Waals surface area (Å²) in [5.74, 6) is 0. The minimum atomic E-state index is -0.642. The van der Waals surface area contributed by atoms with Gasteiger partial charge < -0.3 is 10.8 Å². The lowest BCUT2D eigenvalue weighted by atomic mass is 9.81. The van der Waals surface area contributed by atoms with E-state index in [0.717, 1.165) is 24.1 Å².